The SMILES string of the molecule is CCOC(=O)C1=NN(c2ccccc2)C(=O)C1=Cc1ccc(F)cc1. The van der Waals surface area contributed by atoms with Gasteiger partial charge in [0.25, 0.3) is 5.91 Å². The first kappa shape index (κ1) is 16.6. The van der Waals surface area contributed by atoms with Crippen LogP contribution < -0.4 is 5.01 Å². The van der Waals surface area contributed by atoms with E-state index < -0.39 is 11.9 Å². The summed E-state index contributed by atoms with van der Waals surface area (Å²) >= 11 is 0. The van der Waals surface area contributed by atoms with E-state index >= 15 is 0 Å². The normalized spacial score (nSPS) is 15.4. The van der Waals surface area contributed by atoms with Crippen molar-refractivity contribution < 1.29 is 18.7 Å². The number of halogens is 1. The van der Waals surface area contributed by atoms with Crippen molar-refractivity contribution in [1.82, 2.24) is 0 Å². The highest BCUT2D eigenvalue weighted by Crippen LogP contribution is 2.25. The smallest absolute Gasteiger partial charge is 0.359 e. The second-order valence-electron chi connectivity index (χ2n) is 5.23. The van der Waals surface area contributed by atoms with Crippen LogP contribution in [-0.2, 0) is 14.3 Å². The molecule has 0 unspecified atom stereocenters. The second kappa shape index (κ2) is 7.09. The first-order valence-corrected chi connectivity index (χ1v) is 7.73. The molecule has 3 rings (SSSR count). The molecule has 1 amide bonds. The molecule has 25 heavy (non-hydrogen) atoms. The van der Waals surface area contributed by atoms with Crippen molar-refractivity contribution in [3.8, 4) is 0 Å². The molecule has 0 N–H and O–H groups in total. The van der Waals surface area contributed by atoms with Crippen LogP contribution in [-0.4, -0.2) is 24.2 Å². The average molecular weight is 338 g/mol. The molecule has 0 aromatic heterocycles. The molecule has 0 bridgehead atoms. The lowest BCUT2D eigenvalue weighted by molar-refractivity contribution is -0.135. The quantitative estimate of drug-likeness (QED) is 0.635. The predicted octanol–water partition coefficient (Wildman–Crippen LogP) is 3.18. The van der Waals surface area contributed by atoms with Gasteiger partial charge in [-0.2, -0.15) is 10.1 Å². The Kier molecular flexibility index (Phi) is 4.70. The van der Waals surface area contributed by atoms with E-state index in [4.69, 9.17) is 4.74 Å². The van der Waals surface area contributed by atoms with Gasteiger partial charge in [-0.05, 0) is 42.8 Å². The Balaban J connectivity index is 2.03. The monoisotopic (exact) mass is 338 g/mol. The first-order chi connectivity index (χ1) is 12.1. The van der Waals surface area contributed by atoms with Gasteiger partial charge in [-0.3, -0.25) is 4.79 Å². The minimum absolute atomic E-state index is 0.0694. The Bertz CT molecular complexity index is 858. The summed E-state index contributed by atoms with van der Waals surface area (Å²) in [6.07, 6.45) is 1.50. The van der Waals surface area contributed by atoms with Gasteiger partial charge in [0, 0.05) is 0 Å². The molecular formula is C19H15FN2O3. The van der Waals surface area contributed by atoms with Crippen LogP contribution >= 0.6 is 0 Å². The molecule has 0 saturated heterocycles. The van der Waals surface area contributed by atoms with Gasteiger partial charge >= 0.3 is 5.97 Å². The van der Waals surface area contributed by atoms with Crippen molar-refractivity contribution in [3.05, 3.63) is 71.6 Å². The van der Waals surface area contributed by atoms with Gasteiger partial charge in [0.05, 0.1) is 17.9 Å². The van der Waals surface area contributed by atoms with Crippen LogP contribution in [0.3, 0.4) is 0 Å². The molecule has 126 valence electrons. The maximum absolute atomic E-state index is 13.1. The molecule has 5 nitrogen and oxygen atoms in total. The molecule has 2 aromatic carbocycles. The third kappa shape index (κ3) is 3.47. The van der Waals surface area contributed by atoms with Crippen molar-refractivity contribution in [2.75, 3.05) is 11.6 Å². The number of para-hydroxylation sites is 1. The summed E-state index contributed by atoms with van der Waals surface area (Å²) in [5.74, 6) is -1.51. The van der Waals surface area contributed by atoms with Gasteiger partial charge in [-0.1, -0.05) is 30.3 Å². The lowest BCUT2D eigenvalue weighted by Crippen LogP contribution is -2.22. The number of anilines is 1. The number of nitrogens with zero attached hydrogens (tertiary/aromatic N) is 2. The molecule has 0 spiro atoms. The Morgan fingerprint density at radius 2 is 1.84 bits per heavy atom. The van der Waals surface area contributed by atoms with E-state index in [1.165, 1.54) is 30.3 Å². The number of esters is 1. The van der Waals surface area contributed by atoms with Crippen LogP contribution in [0, 0.1) is 5.82 Å². The molecular weight excluding hydrogens is 323 g/mol. The molecule has 0 aliphatic carbocycles. The number of hydrogen-bond acceptors (Lipinski definition) is 4. The topological polar surface area (TPSA) is 59.0 Å². The lowest BCUT2D eigenvalue weighted by Gasteiger charge is -2.10. The number of rotatable bonds is 4. The third-order valence-electron chi connectivity index (χ3n) is 3.53. The summed E-state index contributed by atoms with van der Waals surface area (Å²) in [5.41, 5.74) is 1.16. The number of carbonyl (C=O) groups excluding carboxylic acids is 2. The zero-order valence-electron chi connectivity index (χ0n) is 13.5. The van der Waals surface area contributed by atoms with Crippen molar-refractivity contribution in [1.29, 1.82) is 0 Å². The van der Waals surface area contributed by atoms with Crippen LogP contribution in [0.25, 0.3) is 6.08 Å². The number of benzene rings is 2. The fourth-order valence-electron chi connectivity index (χ4n) is 2.36. The second-order valence-corrected chi connectivity index (χ2v) is 5.23. The highest BCUT2D eigenvalue weighted by Gasteiger charge is 2.35. The van der Waals surface area contributed by atoms with Crippen LogP contribution in [0.1, 0.15) is 12.5 Å². The molecule has 6 heteroatoms. The van der Waals surface area contributed by atoms with Gasteiger partial charge in [-0.25, -0.2) is 9.18 Å². The summed E-state index contributed by atoms with van der Waals surface area (Å²) in [6.45, 7) is 1.84. The molecule has 1 heterocycles. The minimum atomic E-state index is -0.678. The van der Waals surface area contributed by atoms with Crippen LogP contribution in [0.15, 0.2) is 65.3 Å². The summed E-state index contributed by atoms with van der Waals surface area (Å²) in [4.78, 5) is 24.9. The fraction of sp³-hybridized carbons (Fsp3) is 0.105. The van der Waals surface area contributed by atoms with Crippen molar-refractivity contribution >= 4 is 29.4 Å². The zero-order valence-corrected chi connectivity index (χ0v) is 13.5. The highest BCUT2D eigenvalue weighted by atomic mass is 19.1. The number of hydrogen-bond donors (Lipinski definition) is 0. The highest BCUT2D eigenvalue weighted by molar-refractivity contribution is 6.54. The number of carbonyl (C=O) groups is 2. The van der Waals surface area contributed by atoms with Crippen molar-refractivity contribution in [2.24, 2.45) is 5.10 Å². The van der Waals surface area contributed by atoms with E-state index in [9.17, 15) is 14.0 Å². The largest absolute Gasteiger partial charge is 0.461 e. The Morgan fingerprint density at radius 3 is 2.48 bits per heavy atom. The van der Waals surface area contributed by atoms with E-state index in [-0.39, 0.29) is 23.7 Å². The fourth-order valence-corrected chi connectivity index (χ4v) is 2.36. The molecule has 1 aliphatic heterocycles. The summed E-state index contributed by atoms with van der Waals surface area (Å²) < 4.78 is 18.1. The van der Waals surface area contributed by atoms with Gasteiger partial charge in [0.15, 0.2) is 5.71 Å². The zero-order chi connectivity index (χ0) is 17.8. The van der Waals surface area contributed by atoms with Crippen molar-refractivity contribution in [3.63, 3.8) is 0 Å². The number of ether oxygens (including phenoxy) is 1. The van der Waals surface area contributed by atoms with Gasteiger partial charge < -0.3 is 4.74 Å². The van der Waals surface area contributed by atoms with Crippen molar-refractivity contribution in [2.45, 2.75) is 6.92 Å². The molecule has 0 radical (unpaired) electrons. The first-order valence-electron chi connectivity index (χ1n) is 7.73. The molecule has 0 saturated carbocycles. The van der Waals surface area contributed by atoms with Crippen LogP contribution in [0.5, 0.6) is 0 Å². The van der Waals surface area contributed by atoms with E-state index in [0.717, 1.165) is 5.01 Å². The van der Waals surface area contributed by atoms with Crippen LogP contribution in [0.2, 0.25) is 0 Å². The predicted molar refractivity (Wildman–Crippen MR) is 92.4 cm³/mol. The molecule has 1 aliphatic rings. The van der Waals surface area contributed by atoms with E-state index in [0.29, 0.717) is 11.3 Å². The number of amides is 1. The average Bonchev–Trinajstić information content (AvgIpc) is 2.95. The third-order valence-corrected chi connectivity index (χ3v) is 3.53. The van der Waals surface area contributed by atoms with Crippen LogP contribution in [0.4, 0.5) is 10.1 Å². The summed E-state index contributed by atoms with van der Waals surface area (Å²) in [5, 5.41) is 5.29. The van der Waals surface area contributed by atoms with Gasteiger partial charge in [-0.15, -0.1) is 0 Å². The standard InChI is InChI=1S/C19H15FN2O3/c1-2-25-19(24)17-16(12-13-8-10-14(20)11-9-13)18(23)22(21-17)15-6-4-3-5-7-15/h3-12H,2H2,1H3. The Labute approximate surface area is 144 Å². The maximum Gasteiger partial charge on any atom is 0.359 e. The van der Waals surface area contributed by atoms with Gasteiger partial charge in [0.2, 0.25) is 0 Å². The minimum Gasteiger partial charge on any atom is -0.461 e. The Morgan fingerprint density at radius 1 is 1.16 bits per heavy atom. The molecule has 2 aromatic rings. The van der Waals surface area contributed by atoms with E-state index in [2.05, 4.69) is 5.10 Å². The Hall–Kier alpha value is -3.28. The number of hydrazone groups is 1. The van der Waals surface area contributed by atoms with E-state index in [1.54, 1.807) is 31.2 Å². The maximum atomic E-state index is 13.1. The van der Waals surface area contributed by atoms with E-state index in [1.807, 2.05) is 6.07 Å². The molecule has 0 atom stereocenters. The van der Waals surface area contributed by atoms with Gasteiger partial charge in [0.1, 0.15) is 5.82 Å². The molecule has 0 fully saturated rings. The summed E-state index contributed by atoms with van der Waals surface area (Å²) in [7, 11) is 0. The lowest BCUT2D eigenvalue weighted by atomic mass is 10.1. The summed E-state index contributed by atoms with van der Waals surface area (Å²) in [6, 6.07) is 14.4.